The van der Waals surface area contributed by atoms with E-state index in [1.807, 2.05) is 18.2 Å². The SMILES string of the molecule is C=CCC(=O)Oc1ccccc1. The third-order valence-electron chi connectivity index (χ3n) is 1.29. The number of benzene rings is 1. The zero-order valence-electron chi connectivity index (χ0n) is 6.69. The average molecular weight is 162 g/mol. The molecule has 0 saturated heterocycles. The summed E-state index contributed by atoms with van der Waals surface area (Å²) in [5, 5.41) is 0. The van der Waals surface area contributed by atoms with Gasteiger partial charge in [-0.2, -0.15) is 0 Å². The topological polar surface area (TPSA) is 26.3 Å². The van der Waals surface area contributed by atoms with Gasteiger partial charge >= 0.3 is 5.97 Å². The second kappa shape index (κ2) is 4.34. The highest BCUT2D eigenvalue weighted by Gasteiger charge is 1.99. The van der Waals surface area contributed by atoms with E-state index in [9.17, 15) is 4.79 Å². The highest BCUT2D eigenvalue weighted by atomic mass is 16.5. The van der Waals surface area contributed by atoms with Crippen LogP contribution in [-0.4, -0.2) is 5.97 Å². The third-order valence-corrected chi connectivity index (χ3v) is 1.29. The van der Waals surface area contributed by atoms with E-state index in [2.05, 4.69) is 6.58 Å². The van der Waals surface area contributed by atoms with Crippen molar-refractivity contribution in [3.8, 4) is 5.75 Å². The summed E-state index contributed by atoms with van der Waals surface area (Å²) in [6.45, 7) is 3.44. The second-order valence-electron chi connectivity index (χ2n) is 2.28. The van der Waals surface area contributed by atoms with E-state index in [4.69, 9.17) is 4.74 Å². The Labute approximate surface area is 71.5 Å². The Kier molecular flexibility index (Phi) is 3.08. The van der Waals surface area contributed by atoms with Crippen molar-refractivity contribution in [3.05, 3.63) is 43.0 Å². The van der Waals surface area contributed by atoms with Crippen molar-refractivity contribution in [3.63, 3.8) is 0 Å². The van der Waals surface area contributed by atoms with Gasteiger partial charge in [-0.15, -0.1) is 6.58 Å². The molecule has 0 fully saturated rings. The van der Waals surface area contributed by atoms with E-state index < -0.39 is 0 Å². The molecule has 0 aliphatic carbocycles. The Bertz CT molecular complexity index is 264. The molecule has 0 N–H and O–H groups in total. The summed E-state index contributed by atoms with van der Waals surface area (Å²) in [6.07, 6.45) is 1.76. The van der Waals surface area contributed by atoms with E-state index in [0.29, 0.717) is 5.75 Å². The minimum Gasteiger partial charge on any atom is -0.426 e. The van der Waals surface area contributed by atoms with Crippen LogP contribution in [0.1, 0.15) is 6.42 Å². The molecule has 0 atom stereocenters. The number of hydrogen-bond acceptors (Lipinski definition) is 2. The predicted molar refractivity (Wildman–Crippen MR) is 46.9 cm³/mol. The molecular formula is C10H10O2. The Balaban J connectivity index is 2.52. The molecule has 2 nitrogen and oxygen atoms in total. The summed E-state index contributed by atoms with van der Waals surface area (Å²) < 4.78 is 4.94. The molecule has 0 aromatic heterocycles. The smallest absolute Gasteiger partial charge is 0.315 e. The number of esters is 1. The fourth-order valence-corrected chi connectivity index (χ4v) is 0.780. The molecule has 0 aliphatic rings. The molecule has 0 amide bonds. The van der Waals surface area contributed by atoms with Crippen molar-refractivity contribution in [2.45, 2.75) is 6.42 Å². The van der Waals surface area contributed by atoms with Crippen molar-refractivity contribution < 1.29 is 9.53 Å². The van der Waals surface area contributed by atoms with Crippen LogP contribution in [0.2, 0.25) is 0 Å². The standard InChI is InChI=1S/C10H10O2/c1-2-6-10(11)12-9-7-4-3-5-8-9/h2-5,7-8H,1,6H2. The maximum atomic E-state index is 10.9. The van der Waals surface area contributed by atoms with E-state index in [0.717, 1.165) is 0 Å². The maximum absolute atomic E-state index is 10.9. The molecule has 1 rings (SSSR count). The van der Waals surface area contributed by atoms with Gasteiger partial charge in [0.05, 0.1) is 6.42 Å². The normalized spacial score (nSPS) is 9.00. The van der Waals surface area contributed by atoms with Crippen molar-refractivity contribution in [1.82, 2.24) is 0 Å². The van der Waals surface area contributed by atoms with Gasteiger partial charge in [-0.3, -0.25) is 4.79 Å². The van der Waals surface area contributed by atoms with Crippen LogP contribution in [0.25, 0.3) is 0 Å². The summed E-state index contributed by atoms with van der Waals surface area (Å²) in [7, 11) is 0. The van der Waals surface area contributed by atoms with Gasteiger partial charge in [0.15, 0.2) is 0 Å². The summed E-state index contributed by atoms with van der Waals surface area (Å²) in [4.78, 5) is 10.9. The summed E-state index contributed by atoms with van der Waals surface area (Å²) in [6, 6.07) is 8.97. The van der Waals surface area contributed by atoms with Gasteiger partial charge in [0, 0.05) is 0 Å². The Morgan fingerprint density at radius 3 is 2.67 bits per heavy atom. The summed E-state index contributed by atoms with van der Waals surface area (Å²) >= 11 is 0. The average Bonchev–Trinajstić information content (AvgIpc) is 2.06. The second-order valence-corrected chi connectivity index (χ2v) is 2.28. The molecule has 0 aliphatic heterocycles. The minimum absolute atomic E-state index is 0.245. The molecule has 0 spiro atoms. The van der Waals surface area contributed by atoms with Gasteiger partial charge in [0.25, 0.3) is 0 Å². The molecule has 12 heavy (non-hydrogen) atoms. The van der Waals surface area contributed by atoms with Crippen LogP contribution in [0.5, 0.6) is 5.75 Å². The van der Waals surface area contributed by atoms with Gasteiger partial charge in [0.2, 0.25) is 0 Å². The zero-order valence-corrected chi connectivity index (χ0v) is 6.69. The van der Waals surface area contributed by atoms with Gasteiger partial charge in [-0.1, -0.05) is 24.3 Å². The lowest BCUT2D eigenvalue weighted by atomic mass is 10.3. The first kappa shape index (κ1) is 8.53. The molecule has 2 heteroatoms. The summed E-state index contributed by atoms with van der Waals surface area (Å²) in [5.74, 6) is 0.292. The lowest BCUT2D eigenvalue weighted by Gasteiger charge is -2.00. The molecule has 0 unspecified atom stereocenters. The number of ether oxygens (including phenoxy) is 1. The predicted octanol–water partition coefficient (Wildman–Crippen LogP) is 2.17. The Morgan fingerprint density at radius 2 is 2.08 bits per heavy atom. The molecular weight excluding hydrogens is 152 g/mol. The van der Waals surface area contributed by atoms with Gasteiger partial charge < -0.3 is 4.74 Å². The lowest BCUT2D eigenvalue weighted by Crippen LogP contribution is -2.05. The van der Waals surface area contributed by atoms with E-state index in [-0.39, 0.29) is 12.4 Å². The summed E-state index contributed by atoms with van der Waals surface area (Å²) in [5.41, 5.74) is 0. The highest BCUT2D eigenvalue weighted by molar-refractivity contribution is 5.73. The van der Waals surface area contributed by atoms with Crippen LogP contribution in [-0.2, 0) is 4.79 Å². The van der Waals surface area contributed by atoms with Gasteiger partial charge in [-0.25, -0.2) is 0 Å². The van der Waals surface area contributed by atoms with Crippen molar-refractivity contribution in [2.75, 3.05) is 0 Å². The Hall–Kier alpha value is -1.57. The molecule has 1 aromatic rings. The van der Waals surface area contributed by atoms with Gasteiger partial charge in [-0.05, 0) is 12.1 Å². The van der Waals surface area contributed by atoms with Crippen LogP contribution in [0.15, 0.2) is 43.0 Å². The maximum Gasteiger partial charge on any atom is 0.315 e. The van der Waals surface area contributed by atoms with Crippen LogP contribution >= 0.6 is 0 Å². The Morgan fingerprint density at radius 1 is 1.42 bits per heavy atom. The first-order valence-corrected chi connectivity index (χ1v) is 3.69. The number of carbonyl (C=O) groups excluding carboxylic acids is 1. The number of rotatable bonds is 3. The number of carbonyl (C=O) groups is 1. The molecule has 0 heterocycles. The van der Waals surface area contributed by atoms with Crippen molar-refractivity contribution >= 4 is 5.97 Å². The third kappa shape index (κ3) is 2.58. The molecule has 1 aromatic carbocycles. The van der Waals surface area contributed by atoms with Gasteiger partial charge in [0.1, 0.15) is 5.75 Å². The first-order chi connectivity index (χ1) is 5.83. The zero-order chi connectivity index (χ0) is 8.81. The monoisotopic (exact) mass is 162 g/mol. The van der Waals surface area contributed by atoms with Crippen LogP contribution < -0.4 is 4.74 Å². The molecule has 62 valence electrons. The van der Waals surface area contributed by atoms with E-state index in [1.165, 1.54) is 6.08 Å². The minimum atomic E-state index is -0.281. The number of hydrogen-bond donors (Lipinski definition) is 0. The van der Waals surface area contributed by atoms with Crippen molar-refractivity contribution in [2.24, 2.45) is 0 Å². The van der Waals surface area contributed by atoms with Crippen LogP contribution in [0.3, 0.4) is 0 Å². The largest absolute Gasteiger partial charge is 0.426 e. The lowest BCUT2D eigenvalue weighted by molar-refractivity contribution is -0.133. The molecule has 0 bridgehead atoms. The fourth-order valence-electron chi connectivity index (χ4n) is 0.780. The molecule has 0 radical (unpaired) electrons. The quantitative estimate of drug-likeness (QED) is 0.387. The van der Waals surface area contributed by atoms with Crippen LogP contribution in [0, 0.1) is 0 Å². The molecule has 0 saturated carbocycles. The first-order valence-electron chi connectivity index (χ1n) is 3.69. The van der Waals surface area contributed by atoms with Crippen molar-refractivity contribution in [1.29, 1.82) is 0 Å². The highest BCUT2D eigenvalue weighted by Crippen LogP contribution is 2.08. The van der Waals surface area contributed by atoms with E-state index >= 15 is 0 Å². The van der Waals surface area contributed by atoms with E-state index in [1.54, 1.807) is 12.1 Å². The number of para-hydroxylation sites is 1. The van der Waals surface area contributed by atoms with Crippen LogP contribution in [0.4, 0.5) is 0 Å². The fraction of sp³-hybridized carbons (Fsp3) is 0.100.